The van der Waals surface area contributed by atoms with Gasteiger partial charge in [-0.15, -0.1) is 0 Å². The molecular formula is C22H25NO2. The third-order valence-corrected chi connectivity index (χ3v) is 4.64. The molecule has 0 N–H and O–H groups in total. The van der Waals surface area contributed by atoms with Crippen LogP contribution in [0.15, 0.2) is 54.6 Å². The fourth-order valence-corrected chi connectivity index (χ4v) is 3.53. The van der Waals surface area contributed by atoms with E-state index in [-0.39, 0.29) is 12.2 Å². The normalized spacial score (nSPS) is 12.3. The highest BCUT2D eigenvalue weighted by molar-refractivity contribution is 5.86. The molecule has 3 heteroatoms. The quantitative estimate of drug-likeness (QED) is 0.565. The molecule has 2 aromatic carbocycles. The van der Waals surface area contributed by atoms with Crippen LogP contribution in [0.5, 0.6) is 0 Å². The average molecular weight is 335 g/mol. The van der Waals surface area contributed by atoms with E-state index in [2.05, 4.69) is 60.9 Å². The number of aromatic nitrogens is 1. The Labute approximate surface area is 149 Å². The number of carbonyl (C=O) groups is 1. The van der Waals surface area contributed by atoms with Gasteiger partial charge in [0.25, 0.3) is 0 Å². The standard InChI is InChI=1S/C22H25NO2/c1-4-10-22(25-17(3)24)23-16(2)20(15-18-11-6-5-7-12-18)19-13-8-9-14-21(19)23/h5-9,11-14,22H,4,10,15H2,1-3H3. The second-order valence-electron chi connectivity index (χ2n) is 6.47. The molecular weight excluding hydrogens is 310 g/mol. The summed E-state index contributed by atoms with van der Waals surface area (Å²) in [4.78, 5) is 11.6. The molecule has 0 saturated carbocycles. The van der Waals surface area contributed by atoms with Crippen molar-refractivity contribution in [2.75, 3.05) is 0 Å². The van der Waals surface area contributed by atoms with Gasteiger partial charge in [0.1, 0.15) is 0 Å². The Morgan fingerprint density at radius 3 is 2.44 bits per heavy atom. The zero-order valence-corrected chi connectivity index (χ0v) is 15.2. The number of fused-ring (bicyclic) bond motifs is 1. The Hall–Kier alpha value is -2.55. The summed E-state index contributed by atoms with van der Waals surface area (Å²) < 4.78 is 7.85. The first-order valence-electron chi connectivity index (χ1n) is 8.91. The minimum absolute atomic E-state index is 0.236. The van der Waals surface area contributed by atoms with Crippen LogP contribution in [-0.2, 0) is 16.0 Å². The molecule has 1 unspecified atom stereocenters. The van der Waals surface area contributed by atoms with E-state index >= 15 is 0 Å². The van der Waals surface area contributed by atoms with Gasteiger partial charge in [-0.3, -0.25) is 4.79 Å². The van der Waals surface area contributed by atoms with Gasteiger partial charge in [-0.05, 0) is 30.5 Å². The molecule has 0 saturated heterocycles. The first-order valence-corrected chi connectivity index (χ1v) is 8.91. The van der Waals surface area contributed by atoms with E-state index in [1.165, 1.54) is 29.1 Å². The molecule has 3 aromatic rings. The van der Waals surface area contributed by atoms with Crippen molar-refractivity contribution in [2.24, 2.45) is 0 Å². The summed E-state index contributed by atoms with van der Waals surface area (Å²) in [6, 6.07) is 18.9. The van der Waals surface area contributed by atoms with Crippen molar-refractivity contribution >= 4 is 16.9 Å². The largest absolute Gasteiger partial charge is 0.441 e. The molecule has 0 bridgehead atoms. The smallest absolute Gasteiger partial charge is 0.304 e. The third-order valence-electron chi connectivity index (χ3n) is 4.64. The van der Waals surface area contributed by atoms with E-state index in [4.69, 9.17) is 4.74 Å². The molecule has 0 aliphatic heterocycles. The van der Waals surface area contributed by atoms with Gasteiger partial charge >= 0.3 is 5.97 Å². The number of hydrogen-bond donors (Lipinski definition) is 0. The molecule has 0 radical (unpaired) electrons. The van der Waals surface area contributed by atoms with Gasteiger partial charge in [-0.1, -0.05) is 61.9 Å². The molecule has 1 heterocycles. The van der Waals surface area contributed by atoms with Crippen LogP contribution in [0.1, 0.15) is 49.7 Å². The summed E-state index contributed by atoms with van der Waals surface area (Å²) in [7, 11) is 0. The van der Waals surface area contributed by atoms with E-state index in [0.717, 1.165) is 24.8 Å². The summed E-state index contributed by atoms with van der Waals surface area (Å²) in [5, 5.41) is 1.23. The molecule has 3 rings (SSSR count). The van der Waals surface area contributed by atoms with Gasteiger partial charge in [0.2, 0.25) is 0 Å². The van der Waals surface area contributed by atoms with Crippen LogP contribution in [-0.4, -0.2) is 10.5 Å². The summed E-state index contributed by atoms with van der Waals surface area (Å²) in [6.45, 7) is 5.72. The van der Waals surface area contributed by atoms with Crippen molar-refractivity contribution in [3.05, 3.63) is 71.4 Å². The van der Waals surface area contributed by atoms with Crippen molar-refractivity contribution in [3.8, 4) is 0 Å². The van der Waals surface area contributed by atoms with Crippen molar-refractivity contribution in [3.63, 3.8) is 0 Å². The second kappa shape index (κ2) is 7.56. The number of benzene rings is 2. The minimum Gasteiger partial charge on any atom is -0.441 e. The predicted molar refractivity (Wildman–Crippen MR) is 102 cm³/mol. The summed E-state index contributed by atoms with van der Waals surface area (Å²) in [5.41, 5.74) is 4.89. The van der Waals surface area contributed by atoms with Crippen LogP contribution in [0.25, 0.3) is 10.9 Å². The Morgan fingerprint density at radius 1 is 1.08 bits per heavy atom. The zero-order valence-electron chi connectivity index (χ0n) is 15.2. The maximum absolute atomic E-state index is 11.6. The highest BCUT2D eigenvalue weighted by Crippen LogP contribution is 2.32. The molecule has 0 aliphatic carbocycles. The van der Waals surface area contributed by atoms with E-state index in [0.29, 0.717) is 0 Å². The number of nitrogens with zero attached hydrogens (tertiary/aromatic N) is 1. The van der Waals surface area contributed by atoms with Gasteiger partial charge in [0, 0.05) is 24.4 Å². The van der Waals surface area contributed by atoms with Crippen LogP contribution in [0, 0.1) is 6.92 Å². The fourth-order valence-electron chi connectivity index (χ4n) is 3.53. The molecule has 1 atom stereocenters. The van der Waals surface area contributed by atoms with Gasteiger partial charge in [0.15, 0.2) is 6.23 Å². The number of rotatable bonds is 6. The van der Waals surface area contributed by atoms with Crippen LogP contribution in [0.2, 0.25) is 0 Å². The maximum atomic E-state index is 11.6. The molecule has 3 nitrogen and oxygen atoms in total. The van der Waals surface area contributed by atoms with Crippen molar-refractivity contribution in [2.45, 2.75) is 46.3 Å². The minimum atomic E-state index is -0.253. The topological polar surface area (TPSA) is 31.2 Å². The molecule has 25 heavy (non-hydrogen) atoms. The average Bonchev–Trinajstić information content (AvgIpc) is 2.87. The maximum Gasteiger partial charge on any atom is 0.304 e. The van der Waals surface area contributed by atoms with Crippen molar-refractivity contribution < 1.29 is 9.53 Å². The molecule has 0 fully saturated rings. The summed E-state index contributed by atoms with van der Waals surface area (Å²) in [5.74, 6) is -0.236. The van der Waals surface area contributed by atoms with Gasteiger partial charge in [0.05, 0.1) is 5.52 Å². The van der Waals surface area contributed by atoms with E-state index in [1.807, 2.05) is 12.1 Å². The lowest BCUT2D eigenvalue weighted by Crippen LogP contribution is -2.17. The lowest BCUT2D eigenvalue weighted by atomic mass is 10.0. The van der Waals surface area contributed by atoms with Crippen LogP contribution in [0.3, 0.4) is 0 Å². The van der Waals surface area contributed by atoms with Crippen molar-refractivity contribution in [1.29, 1.82) is 0 Å². The Bertz CT molecular complexity index is 864. The van der Waals surface area contributed by atoms with Crippen LogP contribution < -0.4 is 0 Å². The number of ether oxygens (including phenoxy) is 1. The number of esters is 1. The lowest BCUT2D eigenvalue weighted by Gasteiger charge is -2.21. The highest BCUT2D eigenvalue weighted by atomic mass is 16.6. The fraction of sp³-hybridized carbons (Fsp3) is 0.318. The summed E-state index contributed by atoms with van der Waals surface area (Å²) in [6.07, 6.45) is 2.39. The van der Waals surface area contributed by atoms with E-state index in [9.17, 15) is 4.79 Å². The van der Waals surface area contributed by atoms with E-state index < -0.39 is 0 Å². The predicted octanol–water partition coefficient (Wildman–Crippen LogP) is 5.40. The zero-order chi connectivity index (χ0) is 17.8. The van der Waals surface area contributed by atoms with Crippen LogP contribution >= 0.6 is 0 Å². The second-order valence-corrected chi connectivity index (χ2v) is 6.47. The highest BCUT2D eigenvalue weighted by Gasteiger charge is 2.21. The first-order chi connectivity index (χ1) is 12.1. The van der Waals surface area contributed by atoms with Gasteiger partial charge in [-0.25, -0.2) is 0 Å². The lowest BCUT2D eigenvalue weighted by molar-refractivity contribution is -0.151. The first kappa shape index (κ1) is 17.3. The van der Waals surface area contributed by atoms with E-state index in [1.54, 1.807) is 0 Å². The number of hydrogen-bond acceptors (Lipinski definition) is 2. The Balaban J connectivity index is 2.12. The summed E-state index contributed by atoms with van der Waals surface area (Å²) >= 11 is 0. The van der Waals surface area contributed by atoms with Gasteiger partial charge in [-0.2, -0.15) is 0 Å². The number of para-hydroxylation sites is 1. The molecule has 130 valence electrons. The molecule has 0 amide bonds. The monoisotopic (exact) mass is 335 g/mol. The molecule has 0 aliphatic rings. The molecule has 1 aromatic heterocycles. The third kappa shape index (κ3) is 3.60. The Morgan fingerprint density at radius 2 is 1.76 bits per heavy atom. The number of carbonyl (C=O) groups excluding carboxylic acids is 1. The SMILES string of the molecule is CCCC(OC(C)=O)n1c(C)c(Cc2ccccc2)c2ccccc21. The van der Waals surface area contributed by atoms with Crippen molar-refractivity contribution in [1.82, 2.24) is 4.57 Å². The van der Waals surface area contributed by atoms with Crippen LogP contribution in [0.4, 0.5) is 0 Å². The van der Waals surface area contributed by atoms with Gasteiger partial charge < -0.3 is 9.30 Å². The Kier molecular flexibility index (Phi) is 5.22. The molecule has 0 spiro atoms.